The Kier molecular flexibility index (Phi) is 17.7. The number of rotatable bonds is 10. The SMILES string of the molecule is CC.CCC(C)/C(=C\c1c(B(O)O)ccnc1C)C(C)N1CCC(c2ccc(C(=O)OC)cc2)CC1.CCCB(C)C. The standard InChI is InChI=1S/C27H37BN2O4.C5H13B.C2H6/c1-6-18(2)24(17-25-19(3)29-14-11-26(25)28(32)33)20(4)30-15-12-22(13-16-30)21-7-9-23(10-8-21)27(31)34-5;1-4-5-6(2)3;1-2/h7-11,14,17-18,20,22,32-33H,6,12-13,15-16H2,1-5H3;4-5H2,1-3H3;1-2H3/b24-17+;;. The molecule has 6 nitrogen and oxygen atoms in total. The summed E-state index contributed by atoms with van der Waals surface area (Å²) in [4.78, 5) is 18.6. The molecular weight excluding hydrogens is 522 g/mol. The van der Waals surface area contributed by atoms with Crippen molar-refractivity contribution in [1.82, 2.24) is 9.88 Å². The van der Waals surface area contributed by atoms with Crippen LogP contribution in [0, 0.1) is 12.8 Å². The zero-order valence-corrected chi connectivity index (χ0v) is 28.0. The molecule has 2 unspecified atom stereocenters. The zero-order chi connectivity index (χ0) is 31.8. The second kappa shape index (κ2) is 19.7. The molecule has 1 aromatic heterocycles. The second-order valence-electron chi connectivity index (χ2n) is 11.5. The molecule has 0 bridgehead atoms. The van der Waals surface area contributed by atoms with Crippen LogP contribution in [0.4, 0.5) is 0 Å². The molecule has 0 amide bonds. The molecule has 0 aliphatic carbocycles. The maximum atomic E-state index is 11.7. The third kappa shape index (κ3) is 11.3. The first kappa shape index (κ1) is 37.6. The van der Waals surface area contributed by atoms with E-state index >= 15 is 0 Å². The first-order chi connectivity index (χ1) is 20.0. The van der Waals surface area contributed by atoms with Crippen molar-refractivity contribution in [1.29, 1.82) is 0 Å². The van der Waals surface area contributed by atoms with Gasteiger partial charge in [0.25, 0.3) is 0 Å². The summed E-state index contributed by atoms with van der Waals surface area (Å²) >= 11 is 0. The lowest BCUT2D eigenvalue weighted by atomic mass is 9.52. The minimum absolute atomic E-state index is 0.237. The summed E-state index contributed by atoms with van der Waals surface area (Å²) in [5.74, 6) is 0.532. The van der Waals surface area contributed by atoms with Gasteiger partial charge in [0.05, 0.1) is 12.7 Å². The van der Waals surface area contributed by atoms with Crippen LogP contribution in [0.3, 0.4) is 0 Å². The van der Waals surface area contributed by atoms with Crippen molar-refractivity contribution in [2.45, 2.75) is 106 Å². The van der Waals surface area contributed by atoms with Gasteiger partial charge in [0.15, 0.2) is 0 Å². The Morgan fingerprint density at radius 1 is 1.10 bits per heavy atom. The van der Waals surface area contributed by atoms with Crippen LogP contribution >= 0.6 is 0 Å². The summed E-state index contributed by atoms with van der Waals surface area (Å²) in [5, 5.41) is 19.8. The smallest absolute Gasteiger partial charge is 0.465 e. The Morgan fingerprint density at radius 2 is 1.69 bits per heavy atom. The Morgan fingerprint density at radius 3 is 2.14 bits per heavy atom. The summed E-state index contributed by atoms with van der Waals surface area (Å²) < 4.78 is 4.80. The fourth-order valence-electron chi connectivity index (χ4n) is 5.50. The van der Waals surface area contributed by atoms with Gasteiger partial charge in [0.2, 0.25) is 0 Å². The van der Waals surface area contributed by atoms with Crippen LogP contribution < -0.4 is 5.46 Å². The van der Waals surface area contributed by atoms with Gasteiger partial charge in [0.1, 0.15) is 6.71 Å². The number of ether oxygens (including phenoxy) is 1. The summed E-state index contributed by atoms with van der Waals surface area (Å²) in [6.07, 6.45) is 9.58. The number of methoxy groups -OCH3 is 1. The van der Waals surface area contributed by atoms with Crippen molar-refractivity contribution < 1.29 is 19.6 Å². The fraction of sp³-hybridized carbons (Fsp3) is 0.588. The van der Waals surface area contributed by atoms with Crippen molar-refractivity contribution in [3.8, 4) is 0 Å². The lowest BCUT2D eigenvalue weighted by Crippen LogP contribution is -2.41. The van der Waals surface area contributed by atoms with Gasteiger partial charge >= 0.3 is 13.1 Å². The van der Waals surface area contributed by atoms with Crippen LogP contribution in [-0.2, 0) is 4.74 Å². The molecule has 1 aliphatic heterocycles. The third-order valence-electron chi connectivity index (χ3n) is 8.22. The topological polar surface area (TPSA) is 82.9 Å². The van der Waals surface area contributed by atoms with Crippen molar-refractivity contribution in [2.24, 2.45) is 5.92 Å². The summed E-state index contributed by atoms with van der Waals surface area (Å²) in [5.41, 5.74) is 5.24. The summed E-state index contributed by atoms with van der Waals surface area (Å²) in [7, 11) is -0.125. The minimum Gasteiger partial charge on any atom is -0.465 e. The molecule has 0 radical (unpaired) electrons. The van der Waals surface area contributed by atoms with Gasteiger partial charge in [-0.05, 0) is 98.4 Å². The number of piperidine rings is 1. The molecule has 1 fully saturated rings. The highest BCUT2D eigenvalue weighted by Crippen LogP contribution is 2.32. The molecule has 0 saturated carbocycles. The van der Waals surface area contributed by atoms with E-state index in [4.69, 9.17) is 4.74 Å². The number of hydrogen-bond acceptors (Lipinski definition) is 6. The number of carbonyl (C=O) groups excluding carboxylic acids is 1. The lowest BCUT2D eigenvalue weighted by molar-refractivity contribution is 0.0600. The minimum atomic E-state index is -1.53. The first-order valence-corrected chi connectivity index (χ1v) is 16.0. The molecule has 2 heterocycles. The number of pyridine rings is 1. The van der Waals surface area contributed by atoms with Gasteiger partial charge < -0.3 is 14.8 Å². The van der Waals surface area contributed by atoms with E-state index in [-0.39, 0.29) is 12.0 Å². The second-order valence-corrected chi connectivity index (χ2v) is 11.5. The van der Waals surface area contributed by atoms with Crippen molar-refractivity contribution in [3.05, 3.63) is 64.5 Å². The molecule has 1 aromatic carbocycles. The zero-order valence-electron chi connectivity index (χ0n) is 28.0. The van der Waals surface area contributed by atoms with Gasteiger partial charge in [-0.3, -0.25) is 9.88 Å². The predicted octanol–water partition coefficient (Wildman–Crippen LogP) is 6.73. The largest absolute Gasteiger partial charge is 0.489 e. The van der Waals surface area contributed by atoms with E-state index in [9.17, 15) is 14.8 Å². The van der Waals surface area contributed by atoms with E-state index in [0.29, 0.717) is 22.9 Å². The van der Waals surface area contributed by atoms with E-state index in [1.165, 1.54) is 31.0 Å². The van der Waals surface area contributed by atoms with Crippen molar-refractivity contribution in [3.63, 3.8) is 0 Å². The van der Waals surface area contributed by atoms with E-state index in [0.717, 1.165) is 50.3 Å². The van der Waals surface area contributed by atoms with E-state index in [1.807, 2.05) is 45.0 Å². The maximum Gasteiger partial charge on any atom is 0.489 e. The summed E-state index contributed by atoms with van der Waals surface area (Å²) in [6.45, 7) is 22.2. The number of aryl methyl sites for hydroxylation is 1. The number of likely N-dealkylation sites (tertiary alicyclic amines) is 1. The molecule has 2 aromatic rings. The molecule has 0 spiro atoms. The number of hydrogen-bond donors (Lipinski definition) is 2. The monoisotopic (exact) mass is 578 g/mol. The van der Waals surface area contributed by atoms with Gasteiger partial charge in [-0.2, -0.15) is 0 Å². The van der Waals surface area contributed by atoms with Crippen LogP contribution in [0.15, 0.2) is 42.1 Å². The molecule has 2 atom stereocenters. The fourth-order valence-corrected chi connectivity index (χ4v) is 5.50. The molecular formula is C34H56B2N2O4. The third-order valence-corrected chi connectivity index (χ3v) is 8.22. The van der Waals surface area contributed by atoms with E-state index in [1.54, 1.807) is 12.3 Å². The van der Waals surface area contributed by atoms with Gasteiger partial charge in [-0.15, -0.1) is 0 Å². The Bertz CT molecular complexity index is 1080. The van der Waals surface area contributed by atoms with Crippen LogP contribution in [0.5, 0.6) is 0 Å². The van der Waals surface area contributed by atoms with Crippen molar-refractivity contribution in [2.75, 3.05) is 20.2 Å². The number of carbonyl (C=O) groups is 1. The summed E-state index contributed by atoms with van der Waals surface area (Å²) in [6, 6.07) is 9.72. The highest BCUT2D eigenvalue weighted by molar-refractivity contribution is 6.59. The highest BCUT2D eigenvalue weighted by Gasteiger charge is 2.28. The molecule has 42 heavy (non-hydrogen) atoms. The average Bonchev–Trinajstić information content (AvgIpc) is 3.00. The Labute approximate surface area is 257 Å². The molecule has 1 aliphatic rings. The average molecular weight is 578 g/mol. The van der Waals surface area contributed by atoms with Gasteiger partial charge in [0, 0.05) is 17.9 Å². The predicted molar refractivity (Wildman–Crippen MR) is 181 cm³/mol. The van der Waals surface area contributed by atoms with E-state index < -0.39 is 7.12 Å². The van der Waals surface area contributed by atoms with Crippen LogP contribution in [0.1, 0.15) is 100 Å². The number of aromatic nitrogens is 1. The molecule has 2 N–H and O–H groups in total. The van der Waals surface area contributed by atoms with Gasteiger partial charge in [-0.25, -0.2) is 4.79 Å². The molecule has 232 valence electrons. The Hall–Kier alpha value is -2.41. The van der Waals surface area contributed by atoms with Crippen LogP contribution in [-0.4, -0.2) is 66.0 Å². The maximum absolute atomic E-state index is 11.7. The normalized spacial score (nSPS) is 15.4. The molecule has 8 heteroatoms. The number of nitrogens with zero attached hydrogens (tertiary/aromatic N) is 2. The molecule has 3 rings (SSSR count). The lowest BCUT2D eigenvalue weighted by Gasteiger charge is -2.38. The highest BCUT2D eigenvalue weighted by atomic mass is 16.5. The Balaban J connectivity index is 0.000000979. The van der Waals surface area contributed by atoms with Crippen LogP contribution in [0.25, 0.3) is 6.08 Å². The van der Waals surface area contributed by atoms with Crippen LogP contribution in [0.2, 0.25) is 20.0 Å². The number of esters is 1. The molecule has 1 saturated heterocycles. The quantitative estimate of drug-likeness (QED) is 0.240. The number of benzene rings is 1. The van der Waals surface area contributed by atoms with Gasteiger partial charge in [-0.1, -0.05) is 79.2 Å². The van der Waals surface area contributed by atoms with E-state index in [2.05, 4.69) is 57.3 Å². The first-order valence-electron chi connectivity index (χ1n) is 16.0. The van der Waals surface area contributed by atoms with Crippen molar-refractivity contribution >= 4 is 31.3 Å².